The molecule has 0 aliphatic carbocycles. The predicted molar refractivity (Wildman–Crippen MR) is 95.7 cm³/mol. The summed E-state index contributed by atoms with van der Waals surface area (Å²) in [7, 11) is 0. The summed E-state index contributed by atoms with van der Waals surface area (Å²) in [5.41, 5.74) is 2.02. The molecule has 26 heavy (non-hydrogen) atoms. The lowest BCUT2D eigenvalue weighted by atomic mass is 10.0. The number of nitro benzene ring substituents is 1. The Labute approximate surface area is 151 Å². The van der Waals surface area contributed by atoms with E-state index < -0.39 is 22.8 Å². The maximum atomic E-state index is 12.5. The molecular formula is C19H20N2O5. The van der Waals surface area contributed by atoms with E-state index in [4.69, 9.17) is 4.74 Å². The second-order valence-corrected chi connectivity index (χ2v) is 5.75. The minimum Gasteiger partial charge on any atom is -0.466 e. The van der Waals surface area contributed by atoms with Crippen LogP contribution in [0.2, 0.25) is 0 Å². The first-order valence-corrected chi connectivity index (χ1v) is 8.18. The van der Waals surface area contributed by atoms with Crippen molar-refractivity contribution in [2.24, 2.45) is 0 Å². The largest absolute Gasteiger partial charge is 0.466 e. The number of benzene rings is 2. The highest BCUT2D eigenvalue weighted by atomic mass is 16.6. The molecule has 0 spiro atoms. The molecule has 0 bridgehead atoms. The van der Waals surface area contributed by atoms with Crippen molar-refractivity contribution in [1.29, 1.82) is 0 Å². The Kier molecular flexibility index (Phi) is 6.43. The van der Waals surface area contributed by atoms with Gasteiger partial charge in [0, 0.05) is 17.7 Å². The maximum Gasteiger partial charge on any atom is 0.308 e. The molecule has 2 aromatic rings. The van der Waals surface area contributed by atoms with E-state index in [1.807, 2.05) is 31.2 Å². The Balaban J connectivity index is 2.18. The van der Waals surface area contributed by atoms with Gasteiger partial charge >= 0.3 is 5.97 Å². The lowest BCUT2D eigenvalue weighted by molar-refractivity contribution is -0.384. The monoisotopic (exact) mass is 356 g/mol. The van der Waals surface area contributed by atoms with E-state index in [1.54, 1.807) is 6.92 Å². The Bertz CT molecular complexity index is 785. The Morgan fingerprint density at radius 1 is 1.12 bits per heavy atom. The summed E-state index contributed by atoms with van der Waals surface area (Å²) in [6, 6.07) is 12.2. The van der Waals surface area contributed by atoms with Gasteiger partial charge in [0.25, 0.3) is 11.6 Å². The summed E-state index contributed by atoms with van der Waals surface area (Å²) in [6.07, 6.45) is -0.00434. The molecule has 0 radical (unpaired) electrons. The van der Waals surface area contributed by atoms with Crippen LogP contribution < -0.4 is 5.32 Å². The van der Waals surface area contributed by atoms with Crippen molar-refractivity contribution >= 4 is 17.6 Å². The second kappa shape index (κ2) is 8.75. The van der Waals surface area contributed by atoms with Crippen molar-refractivity contribution in [1.82, 2.24) is 5.32 Å². The fourth-order valence-electron chi connectivity index (χ4n) is 2.41. The number of nitro groups is 1. The van der Waals surface area contributed by atoms with Gasteiger partial charge in [0.15, 0.2) is 0 Å². The molecule has 2 rings (SSSR count). The van der Waals surface area contributed by atoms with Crippen LogP contribution in [0.25, 0.3) is 0 Å². The van der Waals surface area contributed by atoms with E-state index in [9.17, 15) is 19.7 Å². The number of amides is 1. The van der Waals surface area contributed by atoms with Crippen LogP contribution in [-0.4, -0.2) is 23.4 Å². The number of ether oxygens (including phenoxy) is 1. The molecule has 0 fully saturated rings. The average Bonchev–Trinajstić information content (AvgIpc) is 2.62. The molecule has 1 amide bonds. The third-order valence-corrected chi connectivity index (χ3v) is 3.80. The van der Waals surface area contributed by atoms with Crippen molar-refractivity contribution < 1.29 is 19.2 Å². The van der Waals surface area contributed by atoms with Crippen LogP contribution >= 0.6 is 0 Å². The summed E-state index contributed by atoms with van der Waals surface area (Å²) in [4.78, 5) is 34.5. The van der Waals surface area contributed by atoms with E-state index >= 15 is 0 Å². The smallest absolute Gasteiger partial charge is 0.308 e. The van der Waals surface area contributed by atoms with Gasteiger partial charge in [0.1, 0.15) is 0 Å². The van der Waals surface area contributed by atoms with Crippen molar-refractivity contribution in [3.63, 3.8) is 0 Å². The third-order valence-electron chi connectivity index (χ3n) is 3.80. The highest BCUT2D eigenvalue weighted by Gasteiger charge is 2.20. The van der Waals surface area contributed by atoms with Gasteiger partial charge in [0.2, 0.25) is 0 Å². The molecule has 7 nitrogen and oxygen atoms in total. The number of rotatable bonds is 7. The van der Waals surface area contributed by atoms with E-state index in [-0.39, 0.29) is 24.3 Å². The Morgan fingerprint density at radius 2 is 1.73 bits per heavy atom. The van der Waals surface area contributed by atoms with Gasteiger partial charge in [-0.2, -0.15) is 0 Å². The number of nitrogens with zero attached hydrogens (tertiary/aromatic N) is 1. The zero-order valence-corrected chi connectivity index (χ0v) is 14.6. The van der Waals surface area contributed by atoms with Gasteiger partial charge < -0.3 is 10.1 Å². The van der Waals surface area contributed by atoms with Crippen LogP contribution in [0.4, 0.5) is 5.69 Å². The number of hydrogen-bond donors (Lipinski definition) is 1. The van der Waals surface area contributed by atoms with E-state index in [2.05, 4.69) is 5.32 Å². The van der Waals surface area contributed by atoms with Crippen molar-refractivity contribution in [2.45, 2.75) is 26.3 Å². The summed E-state index contributed by atoms with van der Waals surface area (Å²) in [5.74, 6) is -0.836. The molecule has 1 atom stereocenters. The molecule has 0 heterocycles. The first kappa shape index (κ1) is 19.1. The number of aryl methyl sites for hydroxylation is 1. The highest BCUT2D eigenvalue weighted by Crippen LogP contribution is 2.20. The number of non-ortho nitro benzene ring substituents is 1. The number of esters is 1. The molecule has 0 aliphatic rings. The third kappa shape index (κ3) is 5.14. The normalized spacial score (nSPS) is 11.5. The number of carbonyl (C=O) groups is 2. The van der Waals surface area contributed by atoms with E-state index in [0.29, 0.717) is 0 Å². The lowest BCUT2D eigenvalue weighted by Crippen LogP contribution is -2.30. The summed E-state index contributed by atoms with van der Waals surface area (Å²) < 4.78 is 4.98. The zero-order valence-electron chi connectivity index (χ0n) is 14.6. The summed E-state index contributed by atoms with van der Waals surface area (Å²) in [6.45, 7) is 3.92. The predicted octanol–water partition coefficient (Wildman–Crippen LogP) is 3.33. The van der Waals surface area contributed by atoms with Crippen molar-refractivity contribution in [2.75, 3.05) is 6.61 Å². The van der Waals surface area contributed by atoms with Crippen LogP contribution in [-0.2, 0) is 9.53 Å². The second-order valence-electron chi connectivity index (χ2n) is 5.75. The fourth-order valence-corrected chi connectivity index (χ4v) is 2.41. The standard InChI is InChI=1S/C19H20N2O5/c1-3-26-18(22)12-17(14-6-4-13(2)5-7-14)20-19(23)15-8-10-16(11-9-15)21(24)25/h4-11,17H,3,12H2,1-2H3,(H,20,23). The van der Waals surface area contributed by atoms with Crippen LogP contribution in [0.1, 0.15) is 40.9 Å². The van der Waals surface area contributed by atoms with Crippen LogP contribution in [0.15, 0.2) is 48.5 Å². The summed E-state index contributed by atoms with van der Waals surface area (Å²) >= 11 is 0. The molecule has 0 aliphatic heterocycles. The highest BCUT2D eigenvalue weighted by molar-refractivity contribution is 5.94. The quantitative estimate of drug-likeness (QED) is 0.466. The Hall–Kier alpha value is -3.22. The van der Waals surface area contributed by atoms with Gasteiger partial charge in [-0.05, 0) is 31.5 Å². The molecule has 0 saturated heterocycles. The van der Waals surface area contributed by atoms with Gasteiger partial charge in [-0.3, -0.25) is 19.7 Å². The van der Waals surface area contributed by atoms with Gasteiger partial charge in [0.05, 0.1) is 24.0 Å². The summed E-state index contributed by atoms with van der Waals surface area (Å²) in [5, 5.41) is 13.5. The van der Waals surface area contributed by atoms with Crippen molar-refractivity contribution in [3.8, 4) is 0 Å². The number of carbonyl (C=O) groups excluding carboxylic acids is 2. The molecule has 0 aromatic heterocycles. The molecule has 0 saturated carbocycles. The first-order valence-electron chi connectivity index (χ1n) is 8.18. The SMILES string of the molecule is CCOC(=O)CC(NC(=O)c1ccc([N+](=O)[O-])cc1)c1ccc(C)cc1. The molecule has 1 unspecified atom stereocenters. The van der Waals surface area contributed by atoms with Gasteiger partial charge in [-0.15, -0.1) is 0 Å². The molecule has 1 N–H and O–H groups in total. The Morgan fingerprint density at radius 3 is 2.27 bits per heavy atom. The average molecular weight is 356 g/mol. The number of hydrogen-bond acceptors (Lipinski definition) is 5. The lowest BCUT2D eigenvalue weighted by Gasteiger charge is -2.19. The van der Waals surface area contributed by atoms with E-state index in [1.165, 1.54) is 24.3 Å². The number of nitrogens with one attached hydrogen (secondary N) is 1. The topological polar surface area (TPSA) is 98.5 Å². The molecule has 2 aromatic carbocycles. The van der Waals surface area contributed by atoms with E-state index in [0.717, 1.165) is 11.1 Å². The molecular weight excluding hydrogens is 336 g/mol. The fraction of sp³-hybridized carbons (Fsp3) is 0.263. The van der Waals surface area contributed by atoms with Crippen molar-refractivity contribution in [3.05, 3.63) is 75.3 Å². The minimum absolute atomic E-state index is 0.00434. The minimum atomic E-state index is -0.558. The first-order chi connectivity index (χ1) is 12.4. The molecule has 7 heteroatoms. The van der Waals surface area contributed by atoms with Crippen LogP contribution in [0, 0.1) is 17.0 Å². The molecule has 136 valence electrons. The van der Waals surface area contributed by atoms with Gasteiger partial charge in [-0.1, -0.05) is 29.8 Å². The van der Waals surface area contributed by atoms with Gasteiger partial charge in [-0.25, -0.2) is 0 Å². The van der Waals surface area contributed by atoms with Crippen LogP contribution in [0.5, 0.6) is 0 Å². The zero-order chi connectivity index (χ0) is 19.1. The maximum absolute atomic E-state index is 12.5. The van der Waals surface area contributed by atoms with Crippen LogP contribution in [0.3, 0.4) is 0 Å².